The summed E-state index contributed by atoms with van der Waals surface area (Å²) >= 11 is 4.72. The fraction of sp³-hybridized carbons (Fsp3) is 0.273. The summed E-state index contributed by atoms with van der Waals surface area (Å²) in [5, 5.41) is 8.08. The van der Waals surface area contributed by atoms with Crippen LogP contribution in [-0.2, 0) is 0 Å². The normalized spacial score (nSPS) is 12.6. The van der Waals surface area contributed by atoms with Gasteiger partial charge >= 0.3 is 0 Å². The van der Waals surface area contributed by atoms with E-state index in [0.29, 0.717) is 5.75 Å². The number of nitrogens with two attached hydrogens (primary N) is 1. The largest absolute Gasteiger partial charge is 0.323 e. The van der Waals surface area contributed by atoms with E-state index in [2.05, 4.69) is 10.2 Å². The predicted molar refractivity (Wildman–Crippen MR) is 75.7 cm³/mol. The van der Waals surface area contributed by atoms with Crippen LogP contribution in [0, 0.1) is 5.82 Å². The number of benzene rings is 1. The molecule has 0 bridgehead atoms. The molecule has 0 amide bonds. The molecule has 0 radical (unpaired) electrons. The number of rotatable bonds is 5. The maximum absolute atomic E-state index is 12.8. The second-order valence-electron chi connectivity index (χ2n) is 3.51. The molecule has 1 heterocycles. The van der Waals surface area contributed by atoms with Gasteiger partial charge in [0.2, 0.25) is 0 Å². The van der Waals surface area contributed by atoms with Gasteiger partial charge in [0.25, 0.3) is 0 Å². The van der Waals surface area contributed by atoms with Crippen molar-refractivity contribution in [2.24, 2.45) is 5.73 Å². The molecule has 7 heteroatoms. The zero-order valence-corrected chi connectivity index (χ0v) is 12.1. The average molecular weight is 301 g/mol. The molecule has 0 saturated heterocycles. The Morgan fingerprint density at radius 3 is 2.56 bits per heavy atom. The molecular formula is C11H12FN3S3. The fourth-order valence-electron chi connectivity index (χ4n) is 1.31. The number of hydrogen-bond donors (Lipinski definition) is 1. The Balaban J connectivity index is 1.91. The van der Waals surface area contributed by atoms with Crippen LogP contribution in [0.3, 0.4) is 0 Å². The van der Waals surface area contributed by atoms with Crippen LogP contribution in [0.1, 0.15) is 11.6 Å². The molecule has 2 aromatic rings. The first kappa shape index (κ1) is 13.8. The molecule has 1 unspecified atom stereocenters. The molecule has 1 aromatic heterocycles. The zero-order chi connectivity index (χ0) is 13.0. The Morgan fingerprint density at radius 2 is 1.94 bits per heavy atom. The van der Waals surface area contributed by atoms with Crippen LogP contribution in [0.25, 0.3) is 0 Å². The summed E-state index contributed by atoms with van der Waals surface area (Å²) < 4.78 is 14.6. The number of aromatic nitrogens is 2. The van der Waals surface area contributed by atoms with Gasteiger partial charge in [-0.15, -0.1) is 10.2 Å². The highest BCUT2D eigenvalue weighted by molar-refractivity contribution is 8.02. The summed E-state index contributed by atoms with van der Waals surface area (Å²) in [7, 11) is 0. The number of hydrogen-bond acceptors (Lipinski definition) is 6. The van der Waals surface area contributed by atoms with Crippen molar-refractivity contribution < 1.29 is 4.39 Å². The van der Waals surface area contributed by atoms with Gasteiger partial charge in [0.05, 0.1) is 0 Å². The monoisotopic (exact) mass is 301 g/mol. The third-order valence-corrected chi connectivity index (χ3v) is 5.40. The SMILES string of the molecule is CSc1nnc(SCC(N)c2ccc(F)cc2)s1. The van der Waals surface area contributed by atoms with Crippen LogP contribution in [0.5, 0.6) is 0 Å². The molecule has 0 aliphatic carbocycles. The molecule has 18 heavy (non-hydrogen) atoms. The van der Waals surface area contributed by atoms with Crippen molar-refractivity contribution in [3.8, 4) is 0 Å². The fourth-order valence-corrected chi connectivity index (χ4v) is 3.76. The average Bonchev–Trinajstić information content (AvgIpc) is 2.85. The molecular weight excluding hydrogens is 289 g/mol. The van der Waals surface area contributed by atoms with E-state index in [4.69, 9.17) is 5.73 Å². The van der Waals surface area contributed by atoms with E-state index in [1.165, 1.54) is 12.1 Å². The molecule has 96 valence electrons. The van der Waals surface area contributed by atoms with Crippen LogP contribution in [0.15, 0.2) is 32.9 Å². The summed E-state index contributed by atoms with van der Waals surface area (Å²) in [5.41, 5.74) is 6.97. The highest BCUT2D eigenvalue weighted by atomic mass is 32.2. The number of nitrogens with zero attached hydrogens (tertiary/aromatic N) is 2. The van der Waals surface area contributed by atoms with Gasteiger partial charge in [-0.05, 0) is 24.0 Å². The molecule has 2 rings (SSSR count). The molecule has 0 saturated carbocycles. The quantitative estimate of drug-likeness (QED) is 0.860. The van der Waals surface area contributed by atoms with Crippen LogP contribution in [-0.4, -0.2) is 22.2 Å². The minimum Gasteiger partial charge on any atom is -0.323 e. The van der Waals surface area contributed by atoms with Crippen molar-refractivity contribution in [3.05, 3.63) is 35.6 Å². The maximum Gasteiger partial charge on any atom is 0.175 e. The first-order valence-corrected chi connectivity index (χ1v) is 8.23. The van der Waals surface area contributed by atoms with Gasteiger partial charge in [0.15, 0.2) is 8.68 Å². The van der Waals surface area contributed by atoms with Crippen molar-refractivity contribution in [3.63, 3.8) is 0 Å². The van der Waals surface area contributed by atoms with Gasteiger partial charge in [-0.3, -0.25) is 0 Å². The first-order chi connectivity index (χ1) is 8.69. The van der Waals surface area contributed by atoms with Crippen LogP contribution in [0.2, 0.25) is 0 Å². The summed E-state index contributed by atoms with van der Waals surface area (Å²) in [5.74, 6) is 0.460. The van der Waals surface area contributed by atoms with Crippen LogP contribution in [0.4, 0.5) is 4.39 Å². The Labute approximate surface area is 117 Å². The molecule has 0 spiro atoms. The van der Waals surface area contributed by atoms with Gasteiger partial charge in [-0.25, -0.2) is 4.39 Å². The van der Waals surface area contributed by atoms with E-state index >= 15 is 0 Å². The van der Waals surface area contributed by atoms with Crippen molar-refractivity contribution >= 4 is 34.9 Å². The number of thioether (sulfide) groups is 2. The van der Waals surface area contributed by atoms with Gasteiger partial charge in [-0.2, -0.15) is 0 Å². The molecule has 0 aliphatic heterocycles. The lowest BCUT2D eigenvalue weighted by atomic mass is 10.1. The van der Waals surface area contributed by atoms with E-state index in [9.17, 15) is 4.39 Å². The Hall–Kier alpha value is -0.630. The molecule has 0 fully saturated rings. The third kappa shape index (κ3) is 3.68. The second kappa shape index (κ2) is 6.51. The minimum absolute atomic E-state index is 0.128. The first-order valence-electron chi connectivity index (χ1n) is 5.20. The lowest BCUT2D eigenvalue weighted by molar-refractivity contribution is 0.626. The van der Waals surface area contributed by atoms with E-state index in [0.717, 1.165) is 14.2 Å². The predicted octanol–water partition coefficient (Wildman–Crippen LogP) is 3.19. The highest BCUT2D eigenvalue weighted by Gasteiger charge is 2.09. The summed E-state index contributed by atoms with van der Waals surface area (Å²) in [4.78, 5) is 0. The highest BCUT2D eigenvalue weighted by Crippen LogP contribution is 2.29. The van der Waals surface area contributed by atoms with E-state index in [1.54, 1.807) is 47.0 Å². The lowest BCUT2D eigenvalue weighted by Crippen LogP contribution is -2.12. The standard InChI is InChI=1S/C11H12FN3S3/c1-16-10-14-15-11(18-10)17-6-9(13)7-2-4-8(12)5-3-7/h2-5,9H,6,13H2,1H3. The van der Waals surface area contributed by atoms with Gasteiger partial charge in [0.1, 0.15) is 5.82 Å². The van der Waals surface area contributed by atoms with Crippen molar-refractivity contribution in [2.75, 3.05) is 12.0 Å². The summed E-state index contributed by atoms with van der Waals surface area (Å²) in [6.07, 6.45) is 1.97. The van der Waals surface area contributed by atoms with Crippen molar-refractivity contribution in [2.45, 2.75) is 14.7 Å². The third-order valence-electron chi connectivity index (χ3n) is 2.25. The van der Waals surface area contributed by atoms with Crippen molar-refractivity contribution in [1.29, 1.82) is 0 Å². The summed E-state index contributed by atoms with van der Waals surface area (Å²) in [6, 6.07) is 6.16. The molecule has 3 nitrogen and oxygen atoms in total. The zero-order valence-electron chi connectivity index (χ0n) is 9.67. The topological polar surface area (TPSA) is 51.8 Å². The van der Waals surface area contributed by atoms with Crippen LogP contribution >= 0.6 is 34.9 Å². The lowest BCUT2D eigenvalue weighted by Gasteiger charge is -2.09. The molecule has 2 N–H and O–H groups in total. The molecule has 0 aliphatic rings. The Kier molecular flexibility index (Phi) is 4.99. The summed E-state index contributed by atoms with van der Waals surface area (Å²) in [6.45, 7) is 0. The van der Waals surface area contributed by atoms with Crippen molar-refractivity contribution in [1.82, 2.24) is 10.2 Å². The Bertz CT molecular complexity index is 500. The van der Waals surface area contributed by atoms with Gasteiger partial charge in [0, 0.05) is 11.8 Å². The second-order valence-corrected chi connectivity index (χ2v) is 6.81. The minimum atomic E-state index is -0.243. The molecule has 1 aromatic carbocycles. The van der Waals surface area contributed by atoms with E-state index < -0.39 is 0 Å². The van der Waals surface area contributed by atoms with Gasteiger partial charge in [-0.1, -0.05) is 47.0 Å². The number of halogens is 1. The Morgan fingerprint density at radius 1 is 1.28 bits per heavy atom. The van der Waals surface area contributed by atoms with Gasteiger partial charge < -0.3 is 5.73 Å². The van der Waals surface area contributed by atoms with E-state index in [1.807, 2.05) is 6.26 Å². The van der Waals surface area contributed by atoms with Crippen LogP contribution < -0.4 is 5.73 Å². The van der Waals surface area contributed by atoms with E-state index in [-0.39, 0.29) is 11.9 Å². The molecule has 1 atom stereocenters. The smallest absolute Gasteiger partial charge is 0.175 e. The maximum atomic E-state index is 12.8.